The highest BCUT2D eigenvalue weighted by Crippen LogP contribution is 2.42. The van der Waals surface area contributed by atoms with Crippen LogP contribution in [0.15, 0.2) is 23.1 Å². The van der Waals surface area contributed by atoms with E-state index in [1.807, 2.05) is 0 Å². The molecule has 0 radical (unpaired) electrons. The zero-order valence-corrected chi connectivity index (χ0v) is 16.6. The van der Waals surface area contributed by atoms with Gasteiger partial charge in [-0.1, -0.05) is 12.5 Å². The van der Waals surface area contributed by atoms with E-state index in [2.05, 4.69) is 10.0 Å². The van der Waals surface area contributed by atoms with Gasteiger partial charge in [0, 0.05) is 23.7 Å². The van der Waals surface area contributed by atoms with Gasteiger partial charge in [0.1, 0.15) is 0 Å². The van der Waals surface area contributed by atoms with Crippen LogP contribution in [0.4, 0.5) is 5.69 Å². The highest BCUT2D eigenvalue weighted by molar-refractivity contribution is 7.89. The number of anilines is 1. The zero-order valence-electron chi connectivity index (χ0n) is 15.8. The SMILES string of the molecule is Cc1ccc(NC(=O)C2CC3CCCC(C2)C3N)cc1S(=O)(=O)NC1CC1. The fourth-order valence-electron chi connectivity index (χ4n) is 4.70. The van der Waals surface area contributed by atoms with Gasteiger partial charge in [0.05, 0.1) is 4.90 Å². The third-order valence-electron chi connectivity index (χ3n) is 6.43. The summed E-state index contributed by atoms with van der Waals surface area (Å²) in [5.74, 6) is 0.821. The summed E-state index contributed by atoms with van der Waals surface area (Å²) in [5.41, 5.74) is 7.55. The first-order valence-corrected chi connectivity index (χ1v) is 11.5. The second-order valence-corrected chi connectivity index (χ2v) is 10.2. The fraction of sp³-hybridized carbons (Fsp3) is 0.650. The average Bonchev–Trinajstić information content (AvgIpc) is 3.39. The van der Waals surface area contributed by atoms with Crippen LogP contribution in [0.3, 0.4) is 0 Å². The van der Waals surface area contributed by atoms with E-state index >= 15 is 0 Å². The maximum absolute atomic E-state index is 12.8. The molecule has 7 heteroatoms. The van der Waals surface area contributed by atoms with Gasteiger partial charge in [0.2, 0.25) is 15.9 Å². The number of nitrogens with two attached hydrogens (primary N) is 1. The Hall–Kier alpha value is -1.44. The van der Waals surface area contributed by atoms with Crippen LogP contribution in [-0.2, 0) is 14.8 Å². The average molecular weight is 392 g/mol. The lowest BCUT2D eigenvalue weighted by Crippen LogP contribution is -2.48. The number of fused-ring (bicyclic) bond motifs is 2. The van der Waals surface area contributed by atoms with Gasteiger partial charge >= 0.3 is 0 Å². The molecule has 0 saturated heterocycles. The minimum atomic E-state index is -3.55. The van der Waals surface area contributed by atoms with Gasteiger partial charge in [-0.05, 0) is 75.0 Å². The lowest BCUT2D eigenvalue weighted by Gasteiger charge is -2.43. The van der Waals surface area contributed by atoms with Crippen LogP contribution >= 0.6 is 0 Å². The van der Waals surface area contributed by atoms with Crippen molar-refractivity contribution in [2.24, 2.45) is 23.5 Å². The number of nitrogens with one attached hydrogen (secondary N) is 2. The standard InChI is InChI=1S/C20H29N3O3S/c1-12-5-6-17(11-18(12)27(25,26)23-16-7-8-16)22-20(24)15-9-13-3-2-4-14(10-15)19(13)21/h5-6,11,13-16,19,23H,2-4,7-10,21H2,1H3,(H,22,24). The molecule has 0 spiro atoms. The lowest BCUT2D eigenvalue weighted by atomic mass is 9.65. The molecule has 2 atom stereocenters. The first-order valence-electron chi connectivity index (χ1n) is 10.0. The maximum Gasteiger partial charge on any atom is 0.241 e. The van der Waals surface area contributed by atoms with Crippen molar-refractivity contribution in [3.8, 4) is 0 Å². The van der Waals surface area contributed by atoms with Crippen LogP contribution in [0, 0.1) is 24.7 Å². The Bertz CT molecular complexity index is 821. The van der Waals surface area contributed by atoms with Gasteiger partial charge < -0.3 is 11.1 Å². The Morgan fingerprint density at radius 1 is 1.11 bits per heavy atom. The third-order valence-corrected chi connectivity index (χ3v) is 8.09. The molecular weight excluding hydrogens is 362 g/mol. The number of sulfonamides is 1. The largest absolute Gasteiger partial charge is 0.327 e. The highest BCUT2D eigenvalue weighted by atomic mass is 32.2. The van der Waals surface area contributed by atoms with Crippen molar-refractivity contribution < 1.29 is 13.2 Å². The first kappa shape index (κ1) is 18.9. The number of aryl methyl sites for hydroxylation is 1. The Balaban J connectivity index is 1.48. The van der Waals surface area contributed by atoms with Gasteiger partial charge in [-0.25, -0.2) is 13.1 Å². The van der Waals surface area contributed by atoms with Gasteiger partial charge in [-0.2, -0.15) is 0 Å². The second kappa shape index (κ2) is 7.18. The summed E-state index contributed by atoms with van der Waals surface area (Å²) in [6.07, 6.45) is 6.89. The molecule has 3 aliphatic carbocycles. The molecule has 0 aromatic heterocycles. The molecule has 2 bridgehead atoms. The van der Waals surface area contributed by atoms with E-state index in [4.69, 9.17) is 5.73 Å². The maximum atomic E-state index is 12.8. The van der Waals surface area contributed by atoms with E-state index in [9.17, 15) is 13.2 Å². The quantitative estimate of drug-likeness (QED) is 0.718. The van der Waals surface area contributed by atoms with Crippen molar-refractivity contribution in [3.05, 3.63) is 23.8 Å². The number of carbonyl (C=O) groups excluding carboxylic acids is 1. The molecule has 4 rings (SSSR count). The molecule has 4 N–H and O–H groups in total. The Morgan fingerprint density at radius 2 is 1.78 bits per heavy atom. The monoisotopic (exact) mass is 391 g/mol. The van der Waals surface area contributed by atoms with Crippen LogP contribution < -0.4 is 15.8 Å². The molecule has 1 aromatic carbocycles. The normalized spacial score (nSPS) is 30.7. The Kier molecular flexibility index (Phi) is 5.03. The fourth-order valence-corrected chi connectivity index (χ4v) is 6.27. The molecule has 0 heterocycles. The number of hydrogen-bond acceptors (Lipinski definition) is 4. The zero-order chi connectivity index (χ0) is 19.2. The number of benzene rings is 1. The lowest BCUT2D eigenvalue weighted by molar-refractivity contribution is -0.122. The van der Waals surface area contributed by atoms with E-state index < -0.39 is 10.0 Å². The molecule has 0 aliphatic heterocycles. The topological polar surface area (TPSA) is 101 Å². The van der Waals surface area contributed by atoms with Gasteiger partial charge in [-0.15, -0.1) is 0 Å². The number of carbonyl (C=O) groups is 1. The minimum Gasteiger partial charge on any atom is -0.327 e. The van der Waals surface area contributed by atoms with Crippen LogP contribution in [0.1, 0.15) is 50.5 Å². The van der Waals surface area contributed by atoms with E-state index in [-0.39, 0.29) is 28.8 Å². The molecule has 3 saturated carbocycles. The smallest absolute Gasteiger partial charge is 0.241 e. The van der Waals surface area contributed by atoms with E-state index in [1.54, 1.807) is 25.1 Å². The number of rotatable bonds is 5. The van der Waals surface area contributed by atoms with Gasteiger partial charge in [0.15, 0.2) is 0 Å². The predicted octanol–water partition coefficient (Wildman–Crippen LogP) is 2.53. The van der Waals surface area contributed by atoms with Crippen molar-refractivity contribution in [2.45, 2.75) is 68.8 Å². The minimum absolute atomic E-state index is 0.0128. The third kappa shape index (κ3) is 4.05. The van der Waals surface area contributed by atoms with Gasteiger partial charge in [0.25, 0.3) is 0 Å². The van der Waals surface area contributed by atoms with Crippen molar-refractivity contribution in [3.63, 3.8) is 0 Å². The summed E-state index contributed by atoms with van der Waals surface area (Å²) in [6.45, 7) is 1.77. The van der Waals surface area contributed by atoms with Crippen molar-refractivity contribution in [1.29, 1.82) is 0 Å². The summed E-state index contributed by atoms with van der Waals surface area (Å²) in [4.78, 5) is 13.1. The molecule has 1 aromatic rings. The molecule has 148 valence electrons. The van der Waals surface area contributed by atoms with Crippen LogP contribution in [0.5, 0.6) is 0 Å². The molecule has 6 nitrogen and oxygen atoms in total. The molecule has 3 fully saturated rings. The first-order chi connectivity index (χ1) is 12.8. The van der Waals surface area contributed by atoms with E-state index in [0.717, 1.165) is 38.5 Å². The van der Waals surface area contributed by atoms with Crippen LogP contribution in [-0.4, -0.2) is 26.4 Å². The molecule has 27 heavy (non-hydrogen) atoms. The number of amides is 1. The molecule has 2 unspecified atom stereocenters. The molecular formula is C20H29N3O3S. The van der Waals surface area contributed by atoms with E-state index in [1.165, 1.54) is 6.42 Å². The summed E-state index contributed by atoms with van der Waals surface area (Å²) in [5, 5.41) is 2.95. The predicted molar refractivity (Wildman–Crippen MR) is 105 cm³/mol. The van der Waals surface area contributed by atoms with Gasteiger partial charge in [-0.3, -0.25) is 4.79 Å². The van der Waals surface area contributed by atoms with E-state index in [0.29, 0.717) is 23.1 Å². The molecule has 3 aliphatic rings. The van der Waals surface area contributed by atoms with Crippen molar-refractivity contribution in [2.75, 3.05) is 5.32 Å². The molecule has 1 amide bonds. The summed E-state index contributed by atoms with van der Waals surface area (Å²) in [6, 6.07) is 5.39. The Morgan fingerprint density at radius 3 is 2.41 bits per heavy atom. The second-order valence-electron chi connectivity index (χ2n) is 8.56. The summed E-state index contributed by atoms with van der Waals surface area (Å²) >= 11 is 0. The van der Waals surface area contributed by atoms with Crippen LogP contribution in [0.25, 0.3) is 0 Å². The Labute approximate surface area is 161 Å². The number of hydrogen-bond donors (Lipinski definition) is 3. The van der Waals surface area contributed by atoms with Crippen molar-refractivity contribution in [1.82, 2.24) is 4.72 Å². The van der Waals surface area contributed by atoms with Crippen LogP contribution in [0.2, 0.25) is 0 Å². The summed E-state index contributed by atoms with van der Waals surface area (Å²) in [7, 11) is -3.55. The summed E-state index contributed by atoms with van der Waals surface area (Å²) < 4.78 is 27.9. The highest BCUT2D eigenvalue weighted by Gasteiger charge is 2.40. The van der Waals surface area contributed by atoms with Crippen molar-refractivity contribution >= 4 is 21.6 Å².